The largest absolute Gasteiger partial charge is 0.366 e. The summed E-state index contributed by atoms with van der Waals surface area (Å²) in [5.41, 5.74) is 3.75. The van der Waals surface area contributed by atoms with Crippen molar-refractivity contribution in [3.05, 3.63) is 58.9 Å². The highest BCUT2D eigenvalue weighted by atomic mass is 35.5. The second kappa shape index (κ2) is 5.59. The summed E-state index contributed by atoms with van der Waals surface area (Å²) < 4.78 is 0. The van der Waals surface area contributed by atoms with Crippen molar-refractivity contribution in [2.75, 3.05) is 18.0 Å². The maximum absolute atomic E-state index is 6.21. The molecule has 0 aliphatic carbocycles. The van der Waals surface area contributed by atoms with E-state index in [2.05, 4.69) is 39.5 Å². The van der Waals surface area contributed by atoms with Crippen LogP contribution in [0.2, 0.25) is 5.02 Å². The van der Waals surface area contributed by atoms with Crippen LogP contribution in [-0.4, -0.2) is 18.1 Å². The Balaban J connectivity index is 1.91. The summed E-state index contributed by atoms with van der Waals surface area (Å²) in [5.74, 6) is 0. The standard InChI is InChI=1S/C15H16ClN3/c16-14-10-17-6-5-13(14)11-19-8-7-18-9-12-3-1-2-4-15(12)19/h1-6,10,18H,7-9,11H2. The fourth-order valence-corrected chi connectivity index (χ4v) is 2.61. The number of hydrogen-bond donors (Lipinski definition) is 1. The molecule has 0 amide bonds. The van der Waals surface area contributed by atoms with Crippen LogP contribution in [0, 0.1) is 0 Å². The summed E-state index contributed by atoms with van der Waals surface area (Å²) in [6, 6.07) is 10.5. The second-order valence-corrected chi connectivity index (χ2v) is 5.10. The van der Waals surface area contributed by atoms with Gasteiger partial charge in [-0.1, -0.05) is 29.8 Å². The Morgan fingerprint density at radius 1 is 1.26 bits per heavy atom. The van der Waals surface area contributed by atoms with E-state index in [0.717, 1.165) is 36.8 Å². The molecule has 0 spiro atoms. The van der Waals surface area contributed by atoms with Crippen molar-refractivity contribution < 1.29 is 0 Å². The van der Waals surface area contributed by atoms with Gasteiger partial charge in [0.25, 0.3) is 0 Å². The highest BCUT2D eigenvalue weighted by Crippen LogP contribution is 2.25. The molecule has 19 heavy (non-hydrogen) atoms. The van der Waals surface area contributed by atoms with E-state index >= 15 is 0 Å². The number of benzene rings is 1. The van der Waals surface area contributed by atoms with Crippen molar-refractivity contribution in [1.82, 2.24) is 10.3 Å². The van der Waals surface area contributed by atoms with Crippen molar-refractivity contribution in [3.63, 3.8) is 0 Å². The summed E-state index contributed by atoms with van der Waals surface area (Å²) in [4.78, 5) is 6.41. The number of rotatable bonds is 2. The zero-order chi connectivity index (χ0) is 13.1. The highest BCUT2D eigenvalue weighted by Gasteiger charge is 2.15. The minimum Gasteiger partial charge on any atom is -0.366 e. The predicted molar refractivity (Wildman–Crippen MR) is 78.4 cm³/mol. The van der Waals surface area contributed by atoms with Crippen molar-refractivity contribution >= 4 is 17.3 Å². The van der Waals surface area contributed by atoms with Crippen molar-refractivity contribution in [1.29, 1.82) is 0 Å². The van der Waals surface area contributed by atoms with Gasteiger partial charge >= 0.3 is 0 Å². The molecule has 3 rings (SSSR count). The molecule has 2 heterocycles. The van der Waals surface area contributed by atoms with Crippen LogP contribution in [0.15, 0.2) is 42.7 Å². The molecule has 0 unspecified atom stereocenters. The third kappa shape index (κ3) is 2.72. The Morgan fingerprint density at radius 2 is 2.16 bits per heavy atom. The Hall–Kier alpha value is -1.58. The Morgan fingerprint density at radius 3 is 3.05 bits per heavy atom. The van der Waals surface area contributed by atoms with Gasteiger partial charge in [-0.15, -0.1) is 0 Å². The molecule has 0 saturated carbocycles. The molecular weight excluding hydrogens is 258 g/mol. The molecular formula is C15H16ClN3. The van der Waals surface area contributed by atoms with Gasteiger partial charge < -0.3 is 10.2 Å². The summed E-state index contributed by atoms with van der Waals surface area (Å²) in [6.07, 6.45) is 3.50. The van der Waals surface area contributed by atoms with Crippen LogP contribution >= 0.6 is 11.6 Å². The Labute approximate surface area is 118 Å². The Kier molecular flexibility index (Phi) is 3.67. The fraction of sp³-hybridized carbons (Fsp3) is 0.267. The summed E-state index contributed by atoms with van der Waals surface area (Å²) in [5, 5.41) is 4.18. The fourth-order valence-electron chi connectivity index (χ4n) is 2.43. The molecule has 0 saturated heterocycles. The average Bonchev–Trinajstić information content (AvgIpc) is 2.64. The first-order valence-electron chi connectivity index (χ1n) is 6.46. The monoisotopic (exact) mass is 273 g/mol. The summed E-state index contributed by atoms with van der Waals surface area (Å²) >= 11 is 6.21. The molecule has 1 aromatic heterocycles. The van der Waals surface area contributed by atoms with Gasteiger partial charge in [0.15, 0.2) is 0 Å². The van der Waals surface area contributed by atoms with Gasteiger partial charge in [0.05, 0.1) is 5.02 Å². The summed E-state index contributed by atoms with van der Waals surface area (Å²) in [7, 11) is 0. The molecule has 4 heteroatoms. The molecule has 1 aliphatic rings. The van der Waals surface area contributed by atoms with E-state index in [0.29, 0.717) is 0 Å². The number of nitrogens with zero attached hydrogens (tertiary/aromatic N) is 2. The first kappa shape index (κ1) is 12.5. The summed E-state index contributed by atoms with van der Waals surface area (Å²) in [6.45, 7) is 3.71. The molecule has 0 atom stereocenters. The third-order valence-corrected chi connectivity index (χ3v) is 3.76. The van der Waals surface area contributed by atoms with E-state index in [1.54, 1.807) is 12.4 Å². The lowest BCUT2D eigenvalue weighted by atomic mass is 10.1. The van der Waals surface area contributed by atoms with Crippen molar-refractivity contribution in [2.24, 2.45) is 0 Å². The van der Waals surface area contributed by atoms with Gasteiger partial charge in [-0.3, -0.25) is 4.98 Å². The van der Waals surface area contributed by atoms with Gasteiger partial charge in [-0.05, 0) is 23.3 Å². The lowest BCUT2D eigenvalue weighted by Gasteiger charge is -2.25. The van der Waals surface area contributed by atoms with E-state index in [1.165, 1.54) is 11.3 Å². The minimum atomic E-state index is 0.734. The van der Waals surface area contributed by atoms with Crippen LogP contribution in [0.1, 0.15) is 11.1 Å². The number of pyridine rings is 1. The van der Waals surface area contributed by atoms with E-state index in [-0.39, 0.29) is 0 Å². The predicted octanol–water partition coefficient (Wildman–Crippen LogP) is 2.84. The van der Waals surface area contributed by atoms with Crippen molar-refractivity contribution in [3.8, 4) is 0 Å². The molecule has 0 bridgehead atoms. The number of halogens is 1. The van der Waals surface area contributed by atoms with Crippen LogP contribution in [0.3, 0.4) is 0 Å². The van der Waals surface area contributed by atoms with E-state index in [1.807, 2.05) is 6.07 Å². The van der Waals surface area contributed by atoms with Gasteiger partial charge in [0.2, 0.25) is 0 Å². The zero-order valence-corrected chi connectivity index (χ0v) is 11.4. The smallest absolute Gasteiger partial charge is 0.0639 e. The first-order valence-corrected chi connectivity index (χ1v) is 6.84. The van der Waals surface area contributed by atoms with Gasteiger partial charge in [-0.25, -0.2) is 0 Å². The lowest BCUT2D eigenvalue weighted by Crippen LogP contribution is -2.28. The molecule has 0 fully saturated rings. The molecule has 3 nitrogen and oxygen atoms in total. The van der Waals surface area contributed by atoms with Gasteiger partial charge in [-0.2, -0.15) is 0 Å². The molecule has 98 valence electrons. The first-order chi connectivity index (χ1) is 9.34. The maximum Gasteiger partial charge on any atom is 0.0639 e. The highest BCUT2D eigenvalue weighted by molar-refractivity contribution is 6.31. The van der Waals surface area contributed by atoms with Crippen LogP contribution in [-0.2, 0) is 13.1 Å². The number of hydrogen-bond acceptors (Lipinski definition) is 3. The number of aromatic nitrogens is 1. The second-order valence-electron chi connectivity index (χ2n) is 4.69. The van der Waals surface area contributed by atoms with E-state index in [9.17, 15) is 0 Å². The normalized spacial score (nSPS) is 14.9. The lowest BCUT2D eigenvalue weighted by molar-refractivity contribution is 0.688. The minimum absolute atomic E-state index is 0.734. The maximum atomic E-state index is 6.21. The molecule has 1 N–H and O–H groups in total. The third-order valence-electron chi connectivity index (χ3n) is 3.42. The van der Waals surface area contributed by atoms with Crippen LogP contribution in [0.5, 0.6) is 0 Å². The van der Waals surface area contributed by atoms with E-state index < -0.39 is 0 Å². The molecule has 1 aromatic carbocycles. The number of fused-ring (bicyclic) bond motifs is 1. The quantitative estimate of drug-likeness (QED) is 0.912. The number of anilines is 1. The van der Waals surface area contributed by atoms with E-state index in [4.69, 9.17) is 11.6 Å². The van der Waals surface area contributed by atoms with Gasteiger partial charge in [0, 0.05) is 44.3 Å². The Bertz CT molecular complexity index is 571. The van der Waals surface area contributed by atoms with Crippen LogP contribution < -0.4 is 10.2 Å². The van der Waals surface area contributed by atoms with Crippen LogP contribution in [0.4, 0.5) is 5.69 Å². The average molecular weight is 274 g/mol. The molecule has 0 radical (unpaired) electrons. The molecule has 1 aliphatic heterocycles. The number of nitrogens with one attached hydrogen (secondary N) is 1. The number of para-hydroxylation sites is 1. The van der Waals surface area contributed by atoms with Crippen molar-refractivity contribution in [2.45, 2.75) is 13.1 Å². The molecule has 2 aromatic rings. The zero-order valence-electron chi connectivity index (χ0n) is 10.6. The SMILES string of the molecule is Clc1cnccc1CN1CCNCc2ccccc21. The van der Waals surface area contributed by atoms with Gasteiger partial charge in [0.1, 0.15) is 0 Å². The van der Waals surface area contributed by atoms with Crippen LogP contribution in [0.25, 0.3) is 0 Å². The topological polar surface area (TPSA) is 28.2 Å².